The van der Waals surface area contributed by atoms with Gasteiger partial charge >= 0.3 is 0 Å². The summed E-state index contributed by atoms with van der Waals surface area (Å²) in [6.45, 7) is 1.12. The van der Waals surface area contributed by atoms with E-state index in [-0.39, 0.29) is 5.91 Å². The zero-order valence-electron chi connectivity index (χ0n) is 19.4. The zero-order valence-corrected chi connectivity index (χ0v) is 21.1. The molecule has 1 heterocycles. The number of carbonyl (C=O) groups excluding carboxylic acids is 1. The summed E-state index contributed by atoms with van der Waals surface area (Å²) in [6.07, 6.45) is 1.82. The lowest BCUT2D eigenvalue weighted by Gasteiger charge is -2.14. The molecule has 0 aliphatic carbocycles. The maximum atomic E-state index is 13.0. The minimum absolute atomic E-state index is 0.100. The Morgan fingerprint density at radius 3 is 2.14 bits per heavy atom. The Morgan fingerprint density at radius 1 is 0.829 bits per heavy atom. The lowest BCUT2D eigenvalue weighted by molar-refractivity contribution is -0.122. The third-order valence-electron chi connectivity index (χ3n) is 5.21. The first kappa shape index (κ1) is 24.6. The second-order valence-electron chi connectivity index (χ2n) is 7.51. The Morgan fingerprint density at radius 2 is 1.46 bits per heavy atom. The maximum Gasteiger partial charge on any atom is 0.266 e. The molecular formula is C27H25NO5S2. The normalized spacial score (nSPS) is 14.3. The molecule has 6 nitrogen and oxygen atoms in total. The van der Waals surface area contributed by atoms with Crippen LogP contribution in [0.3, 0.4) is 0 Å². The second kappa shape index (κ2) is 11.8. The van der Waals surface area contributed by atoms with Crippen LogP contribution in [-0.2, 0) is 11.3 Å². The summed E-state index contributed by atoms with van der Waals surface area (Å²) in [5, 5.41) is 0. The van der Waals surface area contributed by atoms with Gasteiger partial charge in [0.25, 0.3) is 5.91 Å². The van der Waals surface area contributed by atoms with Crippen LogP contribution in [0, 0.1) is 0 Å². The molecule has 8 heteroatoms. The van der Waals surface area contributed by atoms with Gasteiger partial charge in [-0.1, -0.05) is 72.5 Å². The van der Waals surface area contributed by atoms with Crippen LogP contribution in [0.5, 0.6) is 23.0 Å². The molecule has 1 aliphatic heterocycles. The van der Waals surface area contributed by atoms with Gasteiger partial charge in [-0.05, 0) is 41.5 Å². The monoisotopic (exact) mass is 507 g/mol. The number of thiocarbonyl (C=S) groups is 1. The van der Waals surface area contributed by atoms with E-state index in [9.17, 15) is 4.79 Å². The number of thioether (sulfide) groups is 1. The van der Waals surface area contributed by atoms with Crippen molar-refractivity contribution < 1.29 is 23.7 Å². The van der Waals surface area contributed by atoms with E-state index in [1.807, 2.05) is 78.9 Å². The molecule has 1 fully saturated rings. The number of amides is 1. The first-order valence-corrected chi connectivity index (χ1v) is 12.2. The van der Waals surface area contributed by atoms with Crippen molar-refractivity contribution in [1.29, 1.82) is 0 Å². The SMILES string of the molecule is COc1ccccc1OCCOc1ccc(C=C2SC(=S)N(Cc3ccccc3)C2=O)cc1OC. The predicted octanol–water partition coefficient (Wildman–Crippen LogP) is 5.56. The molecule has 35 heavy (non-hydrogen) atoms. The number of benzene rings is 3. The minimum atomic E-state index is -0.100. The third kappa shape index (κ3) is 6.15. The summed E-state index contributed by atoms with van der Waals surface area (Å²) in [7, 11) is 3.18. The van der Waals surface area contributed by atoms with Crippen LogP contribution < -0.4 is 18.9 Å². The number of hydrogen-bond donors (Lipinski definition) is 0. The highest BCUT2D eigenvalue weighted by Gasteiger charge is 2.32. The Balaban J connectivity index is 1.38. The first-order valence-electron chi connectivity index (χ1n) is 10.9. The number of ether oxygens (including phenoxy) is 4. The van der Waals surface area contributed by atoms with Gasteiger partial charge in [0, 0.05) is 0 Å². The maximum absolute atomic E-state index is 13.0. The number of carbonyl (C=O) groups is 1. The fourth-order valence-corrected chi connectivity index (χ4v) is 4.74. The van der Waals surface area contributed by atoms with E-state index in [2.05, 4.69) is 0 Å². The van der Waals surface area contributed by atoms with Crippen molar-refractivity contribution in [3.05, 3.63) is 88.8 Å². The van der Waals surface area contributed by atoms with Gasteiger partial charge in [0.05, 0.1) is 25.7 Å². The fraction of sp³-hybridized carbons (Fsp3) is 0.185. The van der Waals surface area contributed by atoms with Gasteiger partial charge in [0.1, 0.15) is 17.5 Å². The summed E-state index contributed by atoms with van der Waals surface area (Å²) in [6, 6.07) is 22.8. The van der Waals surface area contributed by atoms with Gasteiger partial charge in [-0.2, -0.15) is 0 Å². The largest absolute Gasteiger partial charge is 0.493 e. The highest BCUT2D eigenvalue weighted by Crippen LogP contribution is 2.35. The molecule has 0 radical (unpaired) electrons. The van der Waals surface area contributed by atoms with Crippen LogP contribution >= 0.6 is 24.0 Å². The molecule has 0 saturated carbocycles. The van der Waals surface area contributed by atoms with Crippen LogP contribution in [0.25, 0.3) is 6.08 Å². The van der Waals surface area contributed by atoms with Crippen molar-refractivity contribution in [2.45, 2.75) is 6.54 Å². The average molecular weight is 508 g/mol. The van der Waals surface area contributed by atoms with E-state index in [1.54, 1.807) is 19.1 Å². The average Bonchev–Trinajstić information content (AvgIpc) is 3.15. The zero-order chi connectivity index (χ0) is 24.6. The van der Waals surface area contributed by atoms with E-state index in [0.717, 1.165) is 11.1 Å². The lowest BCUT2D eigenvalue weighted by atomic mass is 10.1. The summed E-state index contributed by atoms with van der Waals surface area (Å²) < 4.78 is 23.0. The highest BCUT2D eigenvalue weighted by molar-refractivity contribution is 8.26. The Hall–Kier alpha value is -3.49. The topological polar surface area (TPSA) is 57.2 Å². The Kier molecular flexibility index (Phi) is 8.28. The minimum Gasteiger partial charge on any atom is -0.493 e. The quantitative estimate of drug-likeness (QED) is 0.202. The summed E-state index contributed by atoms with van der Waals surface area (Å²) >= 11 is 6.75. The lowest BCUT2D eigenvalue weighted by Crippen LogP contribution is -2.27. The molecule has 0 aromatic heterocycles. The van der Waals surface area contributed by atoms with Gasteiger partial charge in [0.15, 0.2) is 23.0 Å². The van der Waals surface area contributed by atoms with Gasteiger partial charge < -0.3 is 18.9 Å². The van der Waals surface area contributed by atoms with Crippen molar-refractivity contribution in [1.82, 2.24) is 4.90 Å². The molecule has 0 bridgehead atoms. The summed E-state index contributed by atoms with van der Waals surface area (Å²) in [5.41, 5.74) is 1.85. The van der Waals surface area contributed by atoms with Crippen molar-refractivity contribution >= 4 is 40.3 Å². The second-order valence-corrected chi connectivity index (χ2v) is 9.19. The molecule has 0 atom stereocenters. The van der Waals surface area contributed by atoms with E-state index < -0.39 is 0 Å². The van der Waals surface area contributed by atoms with Crippen LogP contribution in [0.1, 0.15) is 11.1 Å². The smallest absolute Gasteiger partial charge is 0.266 e. The molecule has 3 aromatic carbocycles. The molecule has 0 spiro atoms. The Labute approximate surface area is 214 Å². The van der Waals surface area contributed by atoms with Crippen molar-refractivity contribution in [2.75, 3.05) is 27.4 Å². The van der Waals surface area contributed by atoms with Gasteiger partial charge in [-0.15, -0.1) is 0 Å². The van der Waals surface area contributed by atoms with Gasteiger partial charge in [-0.25, -0.2) is 0 Å². The van der Waals surface area contributed by atoms with Crippen molar-refractivity contribution in [2.24, 2.45) is 0 Å². The molecule has 0 unspecified atom stereocenters. The van der Waals surface area contributed by atoms with E-state index in [0.29, 0.717) is 52.0 Å². The number of nitrogens with zero attached hydrogens (tertiary/aromatic N) is 1. The van der Waals surface area contributed by atoms with E-state index in [1.165, 1.54) is 11.8 Å². The highest BCUT2D eigenvalue weighted by atomic mass is 32.2. The number of methoxy groups -OCH3 is 2. The molecule has 4 rings (SSSR count). The van der Waals surface area contributed by atoms with Crippen LogP contribution in [-0.4, -0.2) is 42.6 Å². The first-order chi connectivity index (χ1) is 17.1. The molecule has 1 saturated heterocycles. The van der Waals surface area contributed by atoms with Crippen LogP contribution in [0.2, 0.25) is 0 Å². The number of rotatable bonds is 10. The molecule has 180 valence electrons. The van der Waals surface area contributed by atoms with Crippen molar-refractivity contribution in [3.8, 4) is 23.0 Å². The summed E-state index contributed by atoms with van der Waals surface area (Å²) in [5.74, 6) is 2.38. The number of hydrogen-bond acceptors (Lipinski definition) is 7. The van der Waals surface area contributed by atoms with Crippen LogP contribution in [0.4, 0.5) is 0 Å². The van der Waals surface area contributed by atoms with Gasteiger partial charge in [-0.3, -0.25) is 9.69 Å². The predicted molar refractivity (Wildman–Crippen MR) is 142 cm³/mol. The van der Waals surface area contributed by atoms with E-state index >= 15 is 0 Å². The third-order valence-corrected chi connectivity index (χ3v) is 6.59. The molecule has 1 amide bonds. The molecule has 1 aliphatic rings. The van der Waals surface area contributed by atoms with Crippen molar-refractivity contribution in [3.63, 3.8) is 0 Å². The molecular weight excluding hydrogens is 482 g/mol. The van der Waals surface area contributed by atoms with Gasteiger partial charge in [0.2, 0.25) is 0 Å². The molecule has 3 aromatic rings. The van der Waals surface area contributed by atoms with E-state index in [4.69, 9.17) is 31.2 Å². The molecule has 0 N–H and O–H groups in total. The standard InChI is InChI=1S/C27H25NO5S2/c1-30-21-10-6-7-11-22(21)32-14-15-33-23-13-12-20(16-24(23)31-2)17-25-26(29)28(27(34)35-25)18-19-8-4-3-5-9-19/h3-13,16-17H,14-15,18H2,1-2H3. The number of para-hydroxylation sites is 2. The Bertz CT molecular complexity index is 1230. The fourth-order valence-electron chi connectivity index (χ4n) is 3.49. The van der Waals surface area contributed by atoms with Crippen LogP contribution in [0.15, 0.2) is 77.7 Å². The summed E-state index contributed by atoms with van der Waals surface area (Å²) in [4.78, 5) is 15.2.